The van der Waals surface area contributed by atoms with Crippen molar-refractivity contribution >= 4 is 21.5 Å². The van der Waals surface area contributed by atoms with Gasteiger partial charge in [-0.25, -0.2) is 8.42 Å². The summed E-state index contributed by atoms with van der Waals surface area (Å²) in [6.07, 6.45) is -8.27. The van der Waals surface area contributed by atoms with E-state index >= 15 is 0 Å². The van der Waals surface area contributed by atoms with Gasteiger partial charge in [0.2, 0.25) is 0 Å². The molecule has 2 heterocycles. The van der Waals surface area contributed by atoms with E-state index in [2.05, 4.69) is 26.7 Å². The molecule has 1 fully saturated rings. The van der Waals surface area contributed by atoms with Gasteiger partial charge in [-0.1, -0.05) is 19.1 Å². The number of benzene rings is 2. The van der Waals surface area contributed by atoms with Crippen LogP contribution in [0.3, 0.4) is 0 Å². The van der Waals surface area contributed by atoms with Crippen LogP contribution in [0.25, 0.3) is 11.3 Å². The van der Waals surface area contributed by atoms with Gasteiger partial charge in [0.05, 0.1) is 21.7 Å². The summed E-state index contributed by atoms with van der Waals surface area (Å²) in [6, 6.07) is 9.45. The van der Waals surface area contributed by atoms with Gasteiger partial charge in [-0.2, -0.15) is 26.3 Å². The second kappa shape index (κ2) is 9.84. The third kappa shape index (κ3) is 6.32. The number of rotatable bonds is 5. The Morgan fingerprint density at radius 3 is 2.03 bits per heavy atom. The van der Waals surface area contributed by atoms with Gasteiger partial charge in [0, 0.05) is 24.3 Å². The molecule has 6 nitrogen and oxygen atoms in total. The largest absolute Gasteiger partial charge is 0.416 e. The molecule has 1 N–H and O–H groups in total. The lowest BCUT2D eigenvalue weighted by Gasteiger charge is -2.30. The number of hydrogen-bond donors (Lipinski definition) is 1. The summed E-state index contributed by atoms with van der Waals surface area (Å²) in [6.45, 7) is 3.91. The Morgan fingerprint density at radius 1 is 0.865 bits per heavy atom. The lowest BCUT2D eigenvalue weighted by molar-refractivity contribution is -0.143. The molecule has 2 aromatic carbocycles. The number of nitrogens with one attached hydrogen (secondary N) is 1. The van der Waals surface area contributed by atoms with Crippen molar-refractivity contribution < 1.29 is 34.8 Å². The van der Waals surface area contributed by atoms with Gasteiger partial charge in [0.25, 0.3) is 10.0 Å². The highest BCUT2D eigenvalue weighted by atomic mass is 32.2. The van der Waals surface area contributed by atoms with E-state index in [9.17, 15) is 34.8 Å². The molecule has 1 saturated heterocycles. The highest BCUT2D eigenvalue weighted by molar-refractivity contribution is 7.92. The molecule has 1 aliphatic heterocycles. The smallest absolute Gasteiger partial charge is 0.355 e. The maximum atomic E-state index is 13.2. The number of anilines is 2. The summed E-state index contributed by atoms with van der Waals surface area (Å²) in [5, 5.41) is 8.44. The van der Waals surface area contributed by atoms with Crippen molar-refractivity contribution in [1.29, 1.82) is 0 Å². The van der Waals surface area contributed by atoms with E-state index in [4.69, 9.17) is 0 Å². The molecule has 1 aliphatic rings. The molecule has 198 valence electrons. The molecule has 0 amide bonds. The first-order valence-electron chi connectivity index (χ1n) is 11.2. The second-order valence-electron chi connectivity index (χ2n) is 8.87. The minimum atomic E-state index is -5.18. The van der Waals surface area contributed by atoms with Crippen LogP contribution in [-0.2, 0) is 22.4 Å². The maximum Gasteiger partial charge on any atom is 0.416 e. The first-order valence-corrected chi connectivity index (χ1v) is 12.7. The van der Waals surface area contributed by atoms with Crippen molar-refractivity contribution in [2.45, 2.75) is 37.0 Å². The van der Waals surface area contributed by atoms with Crippen molar-refractivity contribution in [3.8, 4) is 11.3 Å². The molecule has 0 bridgehead atoms. The molecule has 3 aromatic rings. The summed E-state index contributed by atoms with van der Waals surface area (Å²) >= 11 is 0. The quantitative estimate of drug-likeness (QED) is 0.386. The average molecular weight is 545 g/mol. The molecule has 0 saturated carbocycles. The molecule has 0 aliphatic carbocycles. The zero-order valence-corrected chi connectivity index (χ0v) is 20.3. The summed E-state index contributed by atoms with van der Waals surface area (Å²) in [5.74, 6) is 1.35. The van der Waals surface area contributed by atoms with Gasteiger partial charge in [0.1, 0.15) is 0 Å². The van der Waals surface area contributed by atoms with E-state index in [1.807, 2.05) is 0 Å². The van der Waals surface area contributed by atoms with Gasteiger partial charge in [-0.3, -0.25) is 4.72 Å². The fourth-order valence-electron chi connectivity index (χ4n) is 3.92. The lowest BCUT2D eigenvalue weighted by Crippen LogP contribution is -2.33. The second-order valence-corrected chi connectivity index (χ2v) is 10.6. The fraction of sp³-hybridized carbons (Fsp3) is 0.333. The van der Waals surface area contributed by atoms with Crippen LogP contribution in [0.4, 0.5) is 37.8 Å². The number of sulfonamides is 1. The summed E-state index contributed by atoms with van der Waals surface area (Å²) in [7, 11) is -4.80. The van der Waals surface area contributed by atoms with E-state index < -0.39 is 38.4 Å². The van der Waals surface area contributed by atoms with Gasteiger partial charge in [-0.15, -0.1) is 10.2 Å². The Labute approximate surface area is 209 Å². The van der Waals surface area contributed by atoms with Gasteiger partial charge in [-0.05, 0) is 61.2 Å². The van der Waals surface area contributed by atoms with Crippen LogP contribution >= 0.6 is 0 Å². The molecule has 0 spiro atoms. The van der Waals surface area contributed by atoms with Crippen LogP contribution in [0.2, 0.25) is 0 Å². The molecular formula is C24H22F6N4O2S. The van der Waals surface area contributed by atoms with Crippen LogP contribution < -0.4 is 9.62 Å². The number of halogens is 6. The van der Waals surface area contributed by atoms with Crippen LogP contribution in [0, 0.1) is 5.92 Å². The molecule has 0 unspecified atom stereocenters. The van der Waals surface area contributed by atoms with E-state index in [0.29, 0.717) is 23.0 Å². The van der Waals surface area contributed by atoms with Crippen molar-refractivity contribution in [1.82, 2.24) is 10.2 Å². The van der Waals surface area contributed by atoms with Crippen molar-refractivity contribution in [3.63, 3.8) is 0 Å². The van der Waals surface area contributed by atoms with E-state index in [1.54, 1.807) is 18.2 Å². The minimum absolute atomic E-state index is 0.0700. The van der Waals surface area contributed by atoms with Crippen LogP contribution in [-0.4, -0.2) is 31.7 Å². The number of hydrogen-bond acceptors (Lipinski definition) is 5. The Bertz CT molecular complexity index is 1330. The van der Waals surface area contributed by atoms with Crippen LogP contribution in [0.15, 0.2) is 59.5 Å². The van der Waals surface area contributed by atoms with Crippen molar-refractivity contribution in [3.05, 3.63) is 65.7 Å². The van der Waals surface area contributed by atoms with Crippen LogP contribution in [0.1, 0.15) is 30.9 Å². The molecule has 37 heavy (non-hydrogen) atoms. The first-order chi connectivity index (χ1) is 17.2. The minimum Gasteiger partial charge on any atom is -0.355 e. The third-order valence-electron chi connectivity index (χ3n) is 6.04. The topological polar surface area (TPSA) is 75.2 Å². The first kappa shape index (κ1) is 26.7. The molecule has 0 atom stereocenters. The number of nitrogens with zero attached hydrogens (tertiary/aromatic N) is 3. The van der Waals surface area contributed by atoms with Crippen LogP contribution in [0.5, 0.6) is 0 Å². The number of piperidine rings is 1. The Hall–Kier alpha value is -3.35. The lowest BCUT2D eigenvalue weighted by atomic mass is 9.99. The molecular weight excluding hydrogens is 522 g/mol. The van der Waals surface area contributed by atoms with Crippen molar-refractivity contribution in [2.24, 2.45) is 5.92 Å². The highest BCUT2D eigenvalue weighted by Gasteiger charge is 2.38. The zero-order chi connectivity index (χ0) is 27.0. The SMILES string of the molecule is CC1CCN(c2ccc(-c3cccc(NS(=O)(=O)c4cc(C(F)(F)F)cc(C(F)(F)F)c4)c3)nn2)CC1. The number of alkyl halides is 6. The fourth-order valence-corrected chi connectivity index (χ4v) is 5.04. The predicted octanol–water partition coefficient (Wildman–Crippen LogP) is 6.22. The van der Waals surface area contributed by atoms with E-state index in [-0.39, 0.29) is 23.9 Å². The van der Waals surface area contributed by atoms with Gasteiger partial charge in [0.15, 0.2) is 5.82 Å². The predicted molar refractivity (Wildman–Crippen MR) is 125 cm³/mol. The number of aromatic nitrogens is 2. The highest BCUT2D eigenvalue weighted by Crippen LogP contribution is 2.37. The maximum absolute atomic E-state index is 13.2. The summed E-state index contributed by atoms with van der Waals surface area (Å²) < 4.78 is 107. The monoisotopic (exact) mass is 544 g/mol. The Balaban J connectivity index is 1.59. The van der Waals surface area contributed by atoms with E-state index in [1.165, 1.54) is 18.2 Å². The average Bonchev–Trinajstić information content (AvgIpc) is 2.83. The zero-order valence-electron chi connectivity index (χ0n) is 19.4. The van der Waals surface area contributed by atoms with Gasteiger partial charge < -0.3 is 4.90 Å². The standard InChI is InChI=1S/C24H22F6N4O2S/c1-15-7-9-34(10-8-15)22-6-5-21(31-32-22)16-3-2-4-19(11-16)33-37(35,36)20-13-17(23(25,26)27)12-18(14-20)24(28,29)30/h2-6,11-15,33H,7-10H2,1H3. The normalized spacial score (nSPS) is 15.6. The van der Waals surface area contributed by atoms with Crippen molar-refractivity contribution in [2.75, 3.05) is 22.7 Å². The molecule has 1 aromatic heterocycles. The summed E-state index contributed by atoms with van der Waals surface area (Å²) in [5.41, 5.74) is -2.66. The Kier molecular flexibility index (Phi) is 7.10. The Morgan fingerprint density at radius 2 is 1.49 bits per heavy atom. The molecule has 13 heteroatoms. The third-order valence-corrected chi connectivity index (χ3v) is 7.40. The van der Waals surface area contributed by atoms with Gasteiger partial charge >= 0.3 is 12.4 Å². The molecule has 0 radical (unpaired) electrons. The molecule has 4 rings (SSSR count). The summed E-state index contributed by atoms with van der Waals surface area (Å²) in [4.78, 5) is 0.950. The van der Waals surface area contributed by atoms with E-state index in [0.717, 1.165) is 25.9 Å².